The van der Waals surface area contributed by atoms with E-state index >= 15 is 0 Å². The fourth-order valence-electron chi connectivity index (χ4n) is 3.10. The molecule has 0 saturated heterocycles. The third-order valence-electron chi connectivity index (χ3n) is 4.35. The lowest BCUT2D eigenvalue weighted by atomic mass is 10.0. The molecule has 0 spiro atoms. The van der Waals surface area contributed by atoms with Gasteiger partial charge >= 0.3 is 5.97 Å². The first-order valence-electron chi connectivity index (χ1n) is 9.41. The van der Waals surface area contributed by atoms with Crippen LogP contribution in [0.5, 0.6) is 17.2 Å². The molecule has 0 bridgehead atoms. The van der Waals surface area contributed by atoms with E-state index in [1.807, 2.05) is 26.0 Å². The van der Waals surface area contributed by atoms with Crippen molar-refractivity contribution in [3.8, 4) is 17.2 Å². The number of carboxylic acid groups (broad SMARTS) is 1. The molecule has 0 aliphatic carbocycles. The smallest absolute Gasteiger partial charge is 0.341 e. The Morgan fingerprint density at radius 1 is 1.14 bits per heavy atom. The molecule has 1 heterocycles. The Morgan fingerprint density at radius 3 is 2.45 bits per heavy atom. The summed E-state index contributed by atoms with van der Waals surface area (Å²) in [7, 11) is 0. The molecule has 0 amide bonds. The maximum Gasteiger partial charge on any atom is 0.341 e. The number of ether oxygens (including phenoxy) is 3. The van der Waals surface area contributed by atoms with Crippen molar-refractivity contribution in [1.29, 1.82) is 0 Å². The van der Waals surface area contributed by atoms with Gasteiger partial charge in [-0.05, 0) is 66.8 Å². The summed E-state index contributed by atoms with van der Waals surface area (Å²) in [6.45, 7) is 7.98. The van der Waals surface area contributed by atoms with E-state index in [0.29, 0.717) is 35.3 Å². The van der Waals surface area contributed by atoms with E-state index in [0.717, 1.165) is 16.7 Å². The van der Waals surface area contributed by atoms with Gasteiger partial charge in [0, 0.05) is 6.07 Å². The summed E-state index contributed by atoms with van der Waals surface area (Å²) in [5, 5.41) is 8.80. The second-order valence-electron chi connectivity index (χ2n) is 7.47. The van der Waals surface area contributed by atoms with Crippen LogP contribution in [0.15, 0.2) is 36.1 Å². The van der Waals surface area contributed by atoms with E-state index in [4.69, 9.17) is 19.3 Å². The van der Waals surface area contributed by atoms with Gasteiger partial charge in [-0.25, -0.2) is 4.79 Å². The van der Waals surface area contributed by atoms with E-state index in [1.54, 1.807) is 24.3 Å². The number of carbonyl (C=O) groups excluding carboxylic acids is 1. The lowest BCUT2D eigenvalue weighted by Gasteiger charge is -2.11. The number of hydrogen-bond donors (Lipinski definition) is 1. The Labute approximate surface area is 169 Å². The van der Waals surface area contributed by atoms with Gasteiger partial charge in [-0.1, -0.05) is 13.8 Å². The molecule has 0 radical (unpaired) electrons. The van der Waals surface area contributed by atoms with Crippen LogP contribution in [-0.4, -0.2) is 30.1 Å². The number of aryl methyl sites for hydroxylation is 2. The van der Waals surface area contributed by atoms with E-state index in [1.165, 1.54) is 0 Å². The first kappa shape index (κ1) is 20.5. The minimum absolute atomic E-state index is 0.183. The lowest BCUT2D eigenvalue weighted by molar-refractivity contribution is -0.139. The van der Waals surface area contributed by atoms with E-state index in [-0.39, 0.29) is 11.5 Å². The molecule has 2 aromatic rings. The monoisotopic (exact) mass is 396 g/mol. The molecule has 0 saturated carbocycles. The fourth-order valence-corrected chi connectivity index (χ4v) is 3.10. The van der Waals surface area contributed by atoms with Crippen molar-refractivity contribution < 1.29 is 28.9 Å². The molecule has 0 aromatic heterocycles. The van der Waals surface area contributed by atoms with Crippen LogP contribution < -0.4 is 14.2 Å². The molecular weight excluding hydrogens is 372 g/mol. The number of Topliss-reactive ketones (excluding diaryl/α,β-unsaturated/α-hetero) is 1. The van der Waals surface area contributed by atoms with Crippen LogP contribution >= 0.6 is 0 Å². The zero-order valence-corrected chi connectivity index (χ0v) is 16.9. The van der Waals surface area contributed by atoms with Crippen molar-refractivity contribution in [2.75, 3.05) is 13.2 Å². The maximum atomic E-state index is 12.7. The molecule has 0 fully saturated rings. The normalized spacial score (nSPS) is 14.1. The van der Waals surface area contributed by atoms with Crippen molar-refractivity contribution in [1.82, 2.24) is 0 Å². The second-order valence-corrected chi connectivity index (χ2v) is 7.47. The summed E-state index contributed by atoms with van der Waals surface area (Å²) >= 11 is 0. The largest absolute Gasteiger partial charge is 0.493 e. The zero-order chi connectivity index (χ0) is 21.1. The van der Waals surface area contributed by atoms with Crippen molar-refractivity contribution >= 4 is 17.8 Å². The first-order valence-corrected chi connectivity index (χ1v) is 9.41. The number of aliphatic carboxylic acids is 1. The number of fused-ring (bicyclic) bond motifs is 1. The van der Waals surface area contributed by atoms with Crippen LogP contribution in [0.1, 0.15) is 40.9 Å². The molecule has 152 valence electrons. The molecular formula is C23H24O6. The Hall–Kier alpha value is -3.28. The predicted octanol–water partition coefficient (Wildman–Crippen LogP) is 4.42. The highest BCUT2D eigenvalue weighted by molar-refractivity contribution is 6.14. The van der Waals surface area contributed by atoms with Gasteiger partial charge < -0.3 is 19.3 Å². The minimum Gasteiger partial charge on any atom is -0.493 e. The molecule has 3 rings (SSSR count). The quantitative estimate of drug-likeness (QED) is 0.698. The van der Waals surface area contributed by atoms with Crippen molar-refractivity contribution in [2.45, 2.75) is 27.7 Å². The minimum atomic E-state index is -1.03. The average molecular weight is 396 g/mol. The third-order valence-corrected chi connectivity index (χ3v) is 4.35. The fraction of sp³-hybridized carbons (Fsp3) is 0.304. The molecule has 6 heteroatoms. The van der Waals surface area contributed by atoms with E-state index < -0.39 is 12.6 Å². The number of carboxylic acids is 1. The van der Waals surface area contributed by atoms with Gasteiger partial charge in [0.25, 0.3) is 0 Å². The molecule has 0 unspecified atom stereocenters. The van der Waals surface area contributed by atoms with Crippen molar-refractivity contribution in [3.05, 3.63) is 58.3 Å². The Bertz CT molecular complexity index is 964. The number of allylic oxidation sites excluding steroid dienone is 1. The highest BCUT2D eigenvalue weighted by Crippen LogP contribution is 2.35. The highest BCUT2D eigenvalue weighted by Gasteiger charge is 2.28. The molecule has 0 atom stereocenters. The summed E-state index contributed by atoms with van der Waals surface area (Å²) in [5.41, 5.74) is 2.84. The summed E-state index contributed by atoms with van der Waals surface area (Å²) < 4.78 is 16.8. The Balaban J connectivity index is 1.82. The number of ketones is 1. The van der Waals surface area contributed by atoms with Crippen LogP contribution in [0.2, 0.25) is 0 Å². The van der Waals surface area contributed by atoms with Gasteiger partial charge in [0.1, 0.15) is 17.2 Å². The van der Waals surface area contributed by atoms with Crippen molar-refractivity contribution in [2.24, 2.45) is 5.92 Å². The van der Waals surface area contributed by atoms with Gasteiger partial charge in [0.2, 0.25) is 5.78 Å². The molecule has 6 nitrogen and oxygen atoms in total. The topological polar surface area (TPSA) is 82.1 Å². The van der Waals surface area contributed by atoms with Gasteiger partial charge in [0.05, 0.1) is 12.2 Å². The second kappa shape index (κ2) is 8.39. The van der Waals surface area contributed by atoms with Gasteiger partial charge in [0.15, 0.2) is 12.4 Å². The van der Waals surface area contributed by atoms with Crippen LogP contribution in [0, 0.1) is 19.8 Å². The summed E-state index contributed by atoms with van der Waals surface area (Å²) in [4.78, 5) is 23.4. The van der Waals surface area contributed by atoms with Gasteiger partial charge in [-0.3, -0.25) is 4.79 Å². The number of carbonyl (C=O) groups is 2. The predicted molar refractivity (Wildman–Crippen MR) is 109 cm³/mol. The Kier molecular flexibility index (Phi) is 5.92. The lowest BCUT2D eigenvalue weighted by Crippen LogP contribution is -2.11. The van der Waals surface area contributed by atoms with Crippen LogP contribution in [0.3, 0.4) is 0 Å². The zero-order valence-electron chi connectivity index (χ0n) is 16.9. The maximum absolute atomic E-state index is 12.7. The standard InChI is InChI=1S/C23H24O6/c1-13(2)11-27-17-5-6-18-19(10-17)29-20(22(18)26)9-16-7-14(3)23(15(4)8-16)28-12-21(24)25/h5-10,13H,11-12H2,1-4H3,(H,24,25). The summed E-state index contributed by atoms with van der Waals surface area (Å²) in [5.74, 6) is 1.10. The highest BCUT2D eigenvalue weighted by atomic mass is 16.5. The Morgan fingerprint density at radius 2 is 1.83 bits per heavy atom. The number of hydrogen-bond acceptors (Lipinski definition) is 5. The van der Waals surface area contributed by atoms with E-state index in [2.05, 4.69) is 13.8 Å². The molecule has 29 heavy (non-hydrogen) atoms. The summed E-state index contributed by atoms with van der Waals surface area (Å²) in [6, 6.07) is 8.87. The average Bonchev–Trinajstić information content (AvgIpc) is 2.94. The van der Waals surface area contributed by atoms with Gasteiger partial charge in [-0.15, -0.1) is 0 Å². The molecule has 1 aliphatic rings. The van der Waals surface area contributed by atoms with Crippen LogP contribution in [-0.2, 0) is 4.79 Å². The first-order chi connectivity index (χ1) is 13.7. The SMILES string of the molecule is Cc1cc(C=C2Oc3cc(OCC(C)C)ccc3C2=O)cc(C)c1OCC(=O)O. The van der Waals surface area contributed by atoms with Crippen LogP contribution in [0.4, 0.5) is 0 Å². The van der Waals surface area contributed by atoms with E-state index in [9.17, 15) is 9.59 Å². The molecule has 1 aliphatic heterocycles. The van der Waals surface area contributed by atoms with Crippen molar-refractivity contribution in [3.63, 3.8) is 0 Å². The number of rotatable bonds is 7. The van der Waals surface area contributed by atoms with Gasteiger partial charge in [-0.2, -0.15) is 0 Å². The third kappa shape index (κ3) is 4.77. The molecule has 2 aromatic carbocycles. The summed E-state index contributed by atoms with van der Waals surface area (Å²) in [6.07, 6.45) is 1.68. The molecule has 1 N–H and O–H groups in total. The van der Waals surface area contributed by atoms with Crippen LogP contribution in [0.25, 0.3) is 6.08 Å². The number of benzene rings is 2.